The Morgan fingerprint density at radius 1 is 1.11 bits per heavy atom. The number of nitrogens with one attached hydrogen (secondary N) is 2. The molecule has 0 fully saturated rings. The molecule has 0 bridgehead atoms. The molecule has 0 spiro atoms. The number of hydrogen-bond donors (Lipinski definition) is 3. The molecule has 0 aliphatic carbocycles. The highest BCUT2D eigenvalue weighted by atomic mass is 16.5. The topological polar surface area (TPSA) is 95.4 Å². The third-order valence-electron chi connectivity index (χ3n) is 4.32. The van der Waals surface area contributed by atoms with Gasteiger partial charge < -0.3 is 25.4 Å². The second-order valence-electron chi connectivity index (χ2n) is 6.27. The Bertz CT molecular complexity index is 919. The summed E-state index contributed by atoms with van der Waals surface area (Å²) in [5, 5.41) is 15.1. The van der Waals surface area contributed by atoms with Crippen molar-refractivity contribution in [2.45, 2.75) is 6.54 Å². The number of aliphatic hydroxyl groups excluding tert-OH is 1. The van der Waals surface area contributed by atoms with E-state index in [2.05, 4.69) is 30.5 Å². The summed E-state index contributed by atoms with van der Waals surface area (Å²) < 4.78 is 5.72. The van der Waals surface area contributed by atoms with Gasteiger partial charge in [-0.15, -0.1) is 0 Å². The Hall–Kier alpha value is -3.23. The van der Waals surface area contributed by atoms with Crippen molar-refractivity contribution in [3.63, 3.8) is 0 Å². The number of ether oxygens (including phenoxy) is 1. The third kappa shape index (κ3) is 4.19. The molecule has 3 heterocycles. The molecule has 8 nitrogen and oxygen atoms in total. The zero-order valence-electron chi connectivity index (χ0n) is 15.4. The fourth-order valence-electron chi connectivity index (χ4n) is 2.99. The Morgan fingerprint density at radius 2 is 2.04 bits per heavy atom. The lowest BCUT2D eigenvalue weighted by atomic mass is 10.2. The van der Waals surface area contributed by atoms with Crippen LogP contribution >= 0.6 is 0 Å². The van der Waals surface area contributed by atoms with Gasteiger partial charge in [0.2, 0.25) is 5.95 Å². The number of nitrogens with zero attached hydrogens (tertiary/aromatic N) is 4. The van der Waals surface area contributed by atoms with Gasteiger partial charge in [-0.2, -0.15) is 4.98 Å². The van der Waals surface area contributed by atoms with E-state index in [1.54, 1.807) is 12.4 Å². The van der Waals surface area contributed by atoms with Gasteiger partial charge >= 0.3 is 0 Å². The predicted octanol–water partition coefficient (Wildman–Crippen LogP) is 2.23. The Labute approximate surface area is 163 Å². The van der Waals surface area contributed by atoms with E-state index < -0.39 is 0 Å². The summed E-state index contributed by atoms with van der Waals surface area (Å²) in [6.45, 7) is 2.61. The van der Waals surface area contributed by atoms with E-state index in [9.17, 15) is 0 Å². The molecule has 0 saturated heterocycles. The molecule has 2 aromatic heterocycles. The number of benzene rings is 1. The van der Waals surface area contributed by atoms with Crippen molar-refractivity contribution in [2.75, 3.05) is 36.5 Å². The van der Waals surface area contributed by atoms with E-state index in [4.69, 9.17) is 9.84 Å². The summed E-state index contributed by atoms with van der Waals surface area (Å²) in [7, 11) is 0. The average Bonchev–Trinajstić information content (AvgIpc) is 2.75. The number of aromatic nitrogens is 3. The van der Waals surface area contributed by atoms with Gasteiger partial charge in [0.25, 0.3) is 0 Å². The minimum Gasteiger partial charge on any atom is -0.490 e. The number of anilines is 4. The van der Waals surface area contributed by atoms with Crippen molar-refractivity contribution in [1.82, 2.24) is 20.3 Å². The average molecular weight is 378 g/mol. The van der Waals surface area contributed by atoms with E-state index in [0.29, 0.717) is 25.6 Å². The van der Waals surface area contributed by atoms with E-state index in [-0.39, 0.29) is 6.61 Å². The summed E-state index contributed by atoms with van der Waals surface area (Å²) in [5.41, 5.74) is 2.71. The molecule has 3 aromatic rings. The number of aliphatic hydroxyl groups is 1. The van der Waals surface area contributed by atoms with Gasteiger partial charge in [0, 0.05) is 19.3 Å². The maximum Gasteiger partial charge on any atom is 0.229 e. The van der Waals surface area contributed by atoms with Crippen LogP contribution in [0.3, 0.4) is 0 Å². The summed E-state index contributed by atoms with van der Waals surface area (Å²) in [5.74, 6) is 2.18. The first-order valence-corrected chi connectivity index (χ1v) is 9.19. The van der Waals surface area contributed by atoms with E-state index in [0.717, 1.165) is 35.2 Å². The fourth-order valence-corrected chi connectivity index (χ4v) is 2.99. The molecular weight excluding hydrogens is 356 g/mol. The minimum absolute atomic E-state index is 0.112. The van der Waals surface area contributed by atoms with Gasteiger partial charge in [0.05, 0.1) is 36.4 Å². The van der Waals surface area contributed by atoms with Crippen LogP contribution in [0.4, 0.5) is 23.1 Å². The summed E-state index contributed by atoms with van der Waals surface area (Å²) in [6, 6.07) is 13.7. The van der Waals surface area contributed by atoms with Crippen LogP contribution in [0.25, 0.3) is 0 Å². The monoisotopic (exact) mass is 378 g/mol. The highest BCUT2D eigenvalue weighted by Crippen LogP contribution is 2.35. The van der Waals surface area contributed by atoms with Crippen LogP contribution in [-0.2, 0) is 6.54 Å². The van der Waals surface area contributed by atoms with Gasteiger partial charge in [-0.1, -0.05) is 12.1 Å². The molecule has 0 atom stereocenters. The van der Waals surface area contributed by atoms with Crippen LogP contribution < -0.4 is 20.3 Å². The van der Waals surface area contributed by atoms with Gasteiger partial charge in [-0.3, -0.25) is 4.98 Å². The molecule has 1 aliphatic heterocycles. The molecular formula is C20H22N6O2. The number of rotatable bonds is 7. The van der Waals surface area contributed by atoms with Crippen molar-refractivity contribution < 1.29 is 9.84 Å². The smallest absolute Gasteiger partial charge is 0.229 e. The van der Waals surface area contributed by atoms with Crippen LogP contribution in [0.2, 0.25) is 0 Å². The highest BCUT2D eigenvalue weighted by Gasteiger charge is 2.20. The summed E-state index contributed by atoms with van der Waals surface area (Å²) >= 11 is 0. The minimum atomic E-state index is 0.112. The molecule has 0 amide bonds. The fraction of sp³-hybridized carbons (Fsp3) is 0.250. The molecule has 0 unspecified atom stereocenters. The standard InChI is InChI=1S/C20H22N6O2/c27-11-9-21-13-15-5-6-16(14-23-15)24-20-22-8-7-19(25-20)26-10-12-28-18-4-2-1-3-17(18)26/h1-8,14,21,27H,9-13H2,(H,22,24,25). The first-order valence-electron chi connectivity index (χ1n) is 9.19. The van der Waals surface area contributed by atoms with Crippen LogP contribution in [0, 0.1) is 0 Å². The van der Waals surface area contributed by atoms with Gasteiger partial charge in [-0.05, 0) is 30.3 Å². The highest BCUT2D eigenvalue weighted by molar-refractivity contribution is 5.69. The maximum absolute atomic E-state index is 8.81. The van der Waals surface area contributed by atoms with Crippen molar-refractivity contribution in [3.8, 4) is 5.75 Å². The molecule has 0 radical (unpaired) electrons. The number of para-hydroxylation sites is 2. The molecule has 3 N–H and O–H groups in total. The Balaban J connectivity index is 1.48. The largest absolute Gasteiger partial charge is 0.490 e. The molecule has 8 heteroatoms. The SMILES string of the molecule is OCCNCc1ccc(Nc2nccc(N3CCOc4ccccc43)n2)cn1. The molecule has 28 heavy (non-hydrogen) atoms. The summed E-state index contributed by atoms with van der Waals surface area (Å²) in [4.78, 5) is 15.5. The van der Waals surface area contributed by atoms with Gasteiger partial charge in [0.15, 0.2) is 0 Å². The first-order chi connectivity index (χ1) is 13.8. The van der Waals surface area contributed by atoms with Crippen molar-refractivity contribution in [2.24, 2.45) is 0 Å². The quantitative estimate of drug-likeness (QED) is 0.539. The molecule has 4 rings (SSSR count). The van der Waals surface area contributed by atoms with Gasteiger partial charge in [0.1, 0.15) is 18.2 Å². The Morgan fingerprint density at radius 3 is 2.89 bits per heavy atom. The Kier molecular flexibility index (Phi) is 5.60. The molecule has 1 aromatic carbocycles. The van der Waals surface area contributed by atoms with Crippen LogP contribution in [-0.4, -0.2) is 46.4 Å². The van der Waals surface area contributed by atoms with Crippen LogP contribution in [0.5, 0.6) is 5.75 Å². The maximum atomic E-state index is 8.81. The number of hydrogen-bond acceptors (Lipinski definition) is 8. The zero-order chi connectivity index (χ0) is 19.2. The third-order valence-corrected chi connectivity index (χ3v) is 4.32. The lowest BCUT2D eigenvalue weighted by Gasteiger charge is -2.30. The van der Waals surface area contributed by atoms with E-state index in [1.807, 2.05) is 42.5 Å². The van der Waals surface area contributed by atoms with Crippen LogP contribution in [0.1, 0.15) is 5.69 Å². The van der Waals surface area contributed by atoms with Crippen molar-refractivity contribution in [1.29, 1.82) is 0 Å². The molecule has 0 saturated carbocycles. The summed E-state index contributed by atoms with van der Waals surface area (Å²) in [6.07, 6.45) is 3.49. The molecule has 1 aliphatic rings. The zero-order valence-corrected chi connectivity index (χ0v) is 15.4. The predicted molar refractivity (Wildman–Crippen MR) is 107 cm³/mol. The molecule has 144 valence electrons. The van der Waals surface area contributed by atoms with Gasteiger partial charge in [-0.25, -0.2) is 4.98 Å². The first kappa shape index (κ1) is 18.1. The van der Waals surface area contributed by atoms with E-state index >= 15 is 0 Å². The van der Waals surface area contributed by atoms with E-state index in [1.165, 1.54) is 0 Å². The lowest BCUT2D eigenvalue weighted by Crippen LogP contribution is -2.29. The number of fused-ring (bicyclic) bond motifs is 1. The van der Waals surface area contributed by atoms with Crippen molar-refractivity contribution >= 4 is 23.1 Å². The van der Waals surface area contributed by atoms with Crippen LogP contribution in [0.15, 0.2) is 54.9 Å². The normalized spacial score (nSPS) is 13.0. The number of pyridine rings is 1. The van der Waals surface area contributed by atoms with Crippen molar-refractivity contribution in [3.05, 3.63) is 60.6 Å². The second kappa shape index (κ2) is 8.64. The lowest BCUT2D eigenvalue weighted by molar-refractivity contribution is 0.291. The second-order valence-corrected chi connectivity index (χ2v) is 6.27.